The minimum Gasteiger partial charge on any atom is -0.383 e. The number of nitrogens with two attached hydrogens (primary N) is 1. The molecule has 3 aromatic carbocycles. The number of nitrogens with zero attached hydrogens (tertiary/aromatic N) is 4. The number of benzene rings is 3. The average molecular weight is 481 g/mol. The Bertz CT molecular complexity index is 1560. The first-order valence-corrected chi connectivity index (χ1v) is 11.7. The highest BCUT2D eigenvalue weighted by atomic mass is 19.1. The number of anilines is 1. The second kappa shape index (κ2) is 9.95. The molecule has 0 aliphatic rings. The predicted octanol–water partition coefficient (Wildman–Crippen LogP) is 4.94. The fourth-order valence-corrected chi connectivity index (χ4v) is 4.06. The molecule has 36 heavy (non-hydrogen) atoms. The lowest BCUT2D eigenvalue weighted by molar-refractivity contribution is 0.0940. The minimum atomic E-state index is -0.337. The van der Waals surface area contributed by atoms with Crippen molar-refractivity contribution in [2.45, 2.75) is 25.8 Å². The van der Waals surface area contributed by atoms with E-state index < -0.39 is 0 Å². The fraction of sp³-hybridized carbons (Fsp3) is 0.143. The Labute approximate surface area is 207 Å². The zero-order valence-corrected chi connectivity index (χ0v) is 19.7. The molecule has 1 amide bonds. The minimum absolute atomic E-state index is 0.0911. The van der Waals surface area contributed by atoms with Crippen molar-refractivity contribution in [2.24, 2.45) is 5.10 Å². The first-order valence-electron chi connectivity index (χ1n) is 11.7. The van der Waals surface area contributed by atoms with Crippen molar-refractivity contribution in [3.8, 4) is 0 Å². The molecule has 0 fully saturated rings. The van der Waals surface area contributed by atoms with Gasteiger partial charge in [0.2, 0.25) is 0 Å². The van der Waals surface area contributed by atoms with Crippen LogP contribution in [-0.4, -0.2) is 32.8 Å². The Kier molecular flexibility index (Phi) is 6.40. The van der Waals surface area contributed by atoms with Gasteiger partial charge < -0.3 is 11.1 Å². The molecule has 0 saturated carbocycles. The summed E-state index contributed by atoms with van der Waals surface area (Å²) in [5.41, 5.74) is 10.6. The zero-order valence-electron chi connectivity index (χ0n) is 19.7. The molecule has 1 unspecified atom stereocenters. The number of para-hydroxylation sites is 2. The van der Waals surface area contributed by atoms with Crippen LogP contribution in [0.1, 0.15) is 34.8 Å². The quantitative estimate of drug-likeness (QED) is 0.323. The molecule has 0 saturated heterocycles. The van der Waals surface area contributed by atoms with Gasteiger partial charge in [-0.3, -0.25) is 4.79 Å². The van der Waals surface area contributed by atoms with Crippen molar-refractivity contribution in [3.63, 3.8) is 0 Å². The summed E-state index contributed by atoms with van der Waals surface area (Å²) in [7, 11) is 0. The van der Waals surface area contributed by atoms with Crippen LogP contribution in [-0.2, 0) is 6.42 Å². The van der Waals surface area contributed by atoms with Gasteiger partial charge in [0, 0.05) is 6.04 Å². The molecule has 0 radical (unpaired) electrons. The fourth-order valence-electron chi connectivity index (χ4n) is 4.06. The highest BCUT2D eigenvalue weighted by Crippen LogP contribution is 2.28. The number of nitrogen functional groups attached to an aromatic ring is 1. The van der Waals surface area contributed by atoms with Crippen LogP contribution in [0.5, 0.6) is 0 Å². The number of aryl methyl sites for hydroxylation is 1. The molecule has 0 aliphatic heterocycles. The maximum Gasteiger partial charge on any atom is 0.257 e. The van der Waals surface area contributed by atoms with Gasteiger partial charge in [-0.1, -0.05) is 54.6 Å². The SMILES string of the molecule is CC(CCc1ccccc1)NC(=O)c1c(N)n(N=Cc2ccc(F)cc2)c2nc3ccccc3nc12. The van der Waals surface area contributed by atoms with Gasteiger partial charge in [0.05, 0.1) is 17.2 Å². The number of hydrogen-bond acceptors (Lipinski definition) is 5. The molecule has 2 aromatic heterocycles. The monoisotopic (exact) mass is 480 g/mol. The number of carbonyl (C=O) groups excluding carboxylic acids is 1. The van der Waals surface area contributed by atoms with Crippen LogP contribution in [0.2, 0.25) is 0 Å². The second-order valence-corrected chi connectivity index (χ2v) is 8.65. The maximum atomic E-state index is 13.4. The first kappa shape index (κ1) is 23.2. The van der Waals surface area contributed by atoms with Crippen LogP contribution in [0.25, 0.3) is 22.2 Å². The number of amides is 1. The summed E-state index contributed by atoms with van der Waals surface area (Å²) in [5, 5.41) is 7.51. The second-order valence-electron chi connectivity index (χ2n) is 8.65. The summed E-state index contributed by atoms with van der Waals surface area (Å²) in [6, 6.07) is 23.3. The summed E-state index contributed by atoms with van der Waals surface area (Å²) >= 11 is 0. The van der Waals surface area contributed by atoms with Gasteiger partial charge in [-0.2, -0.15) is 9.78 Å². The summed E-state index contributed by atoms with van der Waals surface area (Å²) in [6.45, 7) is 1.96. The van der Waals surface area contributed by atoms with Gasteiger partial charge in [-0.25, -0.2) is 14.4 Å². The van der Waals surface area contributed by atoms with E-state index in [1.54, 1.807) is 12.1 Å². The first-order chi connectivity index (χ1) is 17.5. The van der Waals surface area contributed by atoms with Crippen molar-refractivity contribution in [3.05, 3.63) is 101 Å². The number of fused-ring (bicyclic) bond motifs is 2. The Hall–Kier alpha value is -4.59. The van der Waals surface area contributed by atoms with E-state index in [0.29, 0.717) is 27.8 Å². The average Bonchev–Trinajstić information content (AvgIpc) is 3.16. The van der Waals surface area contributed by atoms with E-state index in [9.17, 15) is 9.18 Å². The van der Waals surface area contributed by atoms with Crippen LogP contribution >= 0.6 is 0 Å². The van der Waals surface area contributed by atoms with E-state index >= 15 is 0 Å². The highest BCUT2D eigenvalue weighted by molar-refractivity contribution is 6.10. The molecule has 1 atom stereocenters. The van der Waals surface area contributed by atoms with Gasteiger partial charge in [-0.05, 0) is 55.2 Å². The molecule has 0 bridgehead atoms. The summed E-state index contributed by atoms with van der Waals surface area (Å²) < 4.78 is 14.7. The Balaban J connectivity index is 1.49. The molecule has 2 heterocycles. The van der Waals surface area contributed by atoms with Gasteiger partial charge in [-0.15, -0.1) is 0 Å². The molecule has 0 aliphatic carbocycles. The van der Waals surface area contributed by atoms with E-state index in [2.05, 4.69) is 27.5 Å². The third-order valence-electron chi connectivity index (χ3n) is 5.98. The van der Waals surface area contributed by atoms with Crippen LogP contribution in [0.3, 0.4) is 0 Å². The summed E-state index contributed by atoms with van der Waals surface area (Å²) in [5.74, 6) is -0.541. The van der Waals surface area contributed by atoms with Crippen molar-refractivity contribution in [2.75, 3.05) is 5.73 Å². The van der Waals surface area contributed by atoms with Gasteiger partial charge in [0.15, 0.2) is 5.65 Å². The maximum absolute atomic E-state index is 13.4. The third kappa shape index (κ3) is 4.79. The predicted molar refractivity (Wildman–Crippen MR) is 141 cm³/mol. The number of carbonyl (C=O) groups is 1. The smallest absolute Gasteiger partial charge is 0.257 e. The molecule has 7 nitrogen and oxygen atoms in total. The Morgan fingerprint density at radius 1 is 1.03 bits per heavy atom. The largest absolute Gasteiger partial charge is 0.383 e. The normalized spacial score (nSPS) is 12.4. The van der Waals surface area contributed by atoms with E-state index in [-0.39, 0.29) is 29.1 Å². The lowest BCUT2D eigenvalue weighted by Gasteiger charge is -2.14. The highest BCUT2D eigenvalue weighted by Gasteiger charge is 2.25. The van der Waals surface area contributed by atoms with Crippen molar-refractivity contribution >= 4 is 40.1 Å². The summed E-state index contributed by atoms with van der Waals surface area (Å²) in [6.07, 6.45) is 3.15. The molecule has 0 spiro atoms. The van der Waals surface area contributed by atoms with Crippen LogP contribution in [0.15, 0.2) is 84.0 Å². The summed E-state index contributed by atoms with van der Waals surface area (Å²) in [4.78, 5) is 22.8. The Morgan fingerprint density at radius 3 is 2.42 bits per heavy atom. The Morgan fingerprint density at radius 2 is 1.69 bits per heavy atom. The van der Waals surface area contributed by atoms with Crippen LogP contribution in [0.4, 0.5) is 10.2 Å². The third-order valence-corrected chi connectivity index (χ3v) is 5.98. The number of rotatable bonds is 7. The van der Waals surface area contributed by atoms with Gasteiger partial charge >= 0.3 is 0 Å². The van der Waals surface area contributed by atoms with E-state index in [1.165, 1.54) is 28.6 Å². The van der Waals surface area contributed by atoms with E-state index in [0.717, 1.165) is 12.8 Å². The topological polar surface area (TPSA) is 98.2 Å². The molecule has 5 aromatic rings. The number of aromatic nitrogens is 3. The molecular formula is C28H25FN6O. The van der Waals surface area contributed by atoms with E-state index in [4.69, 9.17) is 10.7 Å². The number of hydrogen-bond donors (Lipinski definition) is 2. The lowest BCUT2D eigenvalue weighted by atomic mass is 10.1. The van der Waals surface area contributed by atoms with Crippen molar-refractivity contribution in [1.82, 2.24) is 20.0 Å². The molecule has 180 valence electrons. The van der Waals surface area contributed by atoms with Crippen molar-refractivity contribution < 1.29 is 9.18 Å². The lowest BCUT2D eigenvalue weighted by Crippen LogP contribution is -2.33. The number of halogens is 1. The van der Waals surface area contributed by atoms with Crippen molar-refractivity contribution in [1.29, 1.82) is 0 Å². The van der Waals surface area contributed by atoms with Gasteiger partial charge in [0.25, 0.3) is 5.91 Å². The van der Waals surface area contributed by atoms with Crippen LogP contribution in [0, 0.1) is 5.82 Å². The molecule has 8 heteroatoms. The van der Waals surface area contributed by atoms with Crippen LogP contribution < -0.4 is 11.1 Å². The zero-order chi connectivity index (χ0) is 25.1. The number of nitrogens with one attached hydrogen (secondary N) is 1. The molecular weight excluding hydrogens is 455 g/mol. The van der Waals surface area contributed by atoms with Gasteiger partial charge in [0.1, 0.15) is 22.7 Å². The van der Waals surface area contributed by atoms with E-state index in [1.807, 2.05) is 49.4 Å². The standard InChI is InChI=1S/C28H25FN6O/c1-18(11-12-19-7-3-2-4-8-19)32-28(36)24-25-27(34-23-10-6-5-9-22(23)33-25)35(26(24)30)31-17-20-13-15-21(29)16-14-20/h2-10,13-18H,11-12,30H2,1H3,(H,32,36). The molecule has 3 N–H and O–H groups in total. The molecule has 5 rings (SSSR count).